The van der Waals surface area contributed by atoms with Gasteiger partial charge >= 0.3 is 0 Å². The van der Waals surface area contributed by atoms with Crippen LogP contribution in [0.3, 0.4) is 0 Å². The van der Waals surface area contributed by atoms with E-state index in [-0.39, 0.29) is 39.9 Å². The molecule has 39 heavy (non-hydrogen) atoms. The highest BCUT2D eigenvalue weighted by Gasteiger charge is 2.55. The van der Waals surface area contributed by atoms with Gasteiger partial charge in [0.15, 0.2) is 11.6 Å². The monoisotopic (exact) mass is 579 g/mol. The third-order valence-electron chi connectivity index (χ3n) is 7.96. The average molecular weight is 580 g/mol. The van der Waals surface area contributed by atoms with E-state index in [1.54, 1.807) is 17.8 Å². The van der Waals surface area contributed by atoms with Crippen LogP contribution in [0.2, 0.25) is 5.28 Å². The lowest BCUT2D eigenvalue weighted by Gasteiger charge is -2.35. The number of carbonyl (C=O) groups is 1. The first-order chi connectivity index (χ1) is 18.7. The summed E-state index contributed by atoms with van der Waals surface area (Å²) in [5, 5.41) is 14.6. The number of nitro benzene ring substituents is 1. The molecule has 14 heteroatoms. The number of thioether (sulfide) groups is 1. The maximum atomic E-state index is 14.3. The van der Waals surface area contributed by atoms with E-state index in [1.807, 2.05) is 0 Å². The standard InChI is InChI=1S/C25H31ClFN7O4S/c1-32-4-6-33(7-5-32)18-3-2-15(34(36)37)12-19(18)38-8-9-39-20-11-14-10-16(20)22(21(14)23(28)35)30-24-17(27)13-29-25(26)31-24/h2-3,12-14,16,20-22H,4-11H2,1H3,(H2,28,35)(H,29,30,31)/t14-,16+,20+,21-,22+/m0/s1. The fourth-order valence-electron chi connectivity index (χ4n) is 6.10. The van der Waals surface area contributed by atoms with Crippen molar-refractivity contribution in [2.75, 3.05) is 55.8 Å². The van der Waals surface area contributed by atoms with Gasteiger partial charge in [0.05, 0.1) is 35.4 Å². The van der Waals surface area contributed by atoms with E-state index in [0.29, 0.717) is 18.1 Å². The minimum Gasteiger partial charge on any atom is -0.490 e. The number of primary amides is 1. The number of non-ortho nitro benzene ring substituents is 1. The third-order valence-corrected chi connectivity index (χ3v) is 9.52. The van der Waals surface area contributed by atoms with Crippen molar-refractivity contribution < 1.29 is 18.8 Å². The molecule has 0 radical (unpaired) electrons. The molecule has 3 N–H and O–H groups in total. The van der Waals surface area contributed by atoms with Crippen LogP contribution in [-0.2, 0) is 4.79 Å². The number of rotatable bonds is 10. The molecule has 2 heterocycles. The second-order valence-electron chi connectivity index (χ2n) is 10.3. The molecule has 3 aliphatic rings. The number of hydrogen-bond donors (Lipinski definition) is 2. The van der Waals surface area contributed by atoms with Crippen molar-refractivity contribution in [2.45, 2.75) is 24.1 Å². The quantitative estimate of drug-likeness (QED) is 0.187. The third kappa shape index (κ3) is 5.99. The molecule has 0 unspecified atom stereocenters. The number of nitrogens with zero attached hydrogens (tertiary/aromatic N) is 5. The number of piperazine rings is 1. The van der Waals surface area contributed by atoms with Gasteiger partial charge in [-0.3, -0.25) is 14.9 Å². The summed E-state index contributed by atoms with van der Waals surface area (Å²) in [4.78, 5) is 35.3. The van der Waals surface area contributed by atoms with Gasteiger partial charge in [0.25, 0.3) is 5.69 Å². The summed E-state index contributed by atoms with van der Waals surface area (Å²) in [6.07, 6.45) is 2.64. The number of anilines is 2. The number of nitrogens with two attached hydrogens (primary N) is 1. The second kappa shape index (κ2) is 11.7. The zero-order valence-corrected chi connectivity index (χ0v) is 23.0. The van der Waals surface area contributed by atoms with Crippen LogP contribution in [0.4, 0.5) is 21.6 Å². The van der Waals surface area contributed by atoms with Crippen LogP contribution in [-0.4, -0.2) is 82.6 Å². The first kappa shape index (κ1) is 27.7. The lowest BCUT2D eigenvalue weighted by Crippen LogP contribution is -2.46. The Labute approximate surface area is 234 Å². The molecule has 3 fully saturated rings. The van der Waals surface area contributed by atoms with Crippen molar-refractivity contribution in [3.63, 3.8) is 0 Å². The normalized spacial score (nSPS) is 26.5. The van der Waals surface area contributed by atoms with Crippen LogP contribution in [0.1, 0.15) is 12.8 Å². The summed E-state index contributed by atoms with van der Waals surface area (Å²) in [5.74, 6) is -0.160. The SMILES string of the molecule is CN1CCN(c2ccc([N+](=O)[O-])cc2OCCS[C@@H]2C[C@@H]3C[C@H]2[C@@H](Nc2nc(Cl)ncc2F)[C@H]3C(N)=O)CC1. The summed E-state index contributed by atoms with van der Waals surface area (Å²) >= 11 is 7.59. The summed E-state index contributed by atoms with van der Waals surface area (Å²) < 4.78 is 20.4. The van der Waals surface area contributed by atoms with E-state index in [9.17, 15) is 19.3 Å². The smallest absolute Gasteiger partial charge is 0.273 e. The van der Waals surface area contributed by atoms with Gasteiger partial charge in [-0.05, 0) is 49.4 Å². The van der Waals surface area contributed by atoms with Crippen LogP contribution in [0.25, 0.3) is 0 Å². The van der Waals surface area contributed by atoms with E-state index in [4.69, 9.17) is 22.1 Å². The number of amides is 1. The average Bonchev–Trinajstić information content (AvgIpc) is 3.47. The first-order valence-electron chi connectivity index (χ1n) is 12.9. The minimum atomic E-state index is -0.642. The maximum Gasteiger partial charge on any atom is 0.273 e. The highest BCUT2D eigenvalue weighted by Crippen LogP contribution is 2.53. The van der Waals surface area contributed by atoms with Gasteiger partial charge in [-0.1, -0.05) is 0 Å². The molecule has 5 rings (SSSR count). The zero-order chi connectivity index (χ0) is 27.7. The van der Waals surface area contributed by atoms with E-state index >= 15 is 0 Å². The molecule has 5 atom stereocenters. The van der Waals surface area contributed by atoms with Gasteiger partial charge in [-0.2, -0.15) is 16.7 Å². The Balaban J connectivity index is 1.22. The van der Waals surface area contributed by atoms with Gasteiger partial charge < -0.3 is 25.6 Å². The maximum absolute atomic E-state index is 14.3. The van der Waals surface area contributed by atoms with Gasteiger partial charge in [0.1, 0.15) is 5.75 Å². The van der Waals surface area contributed by atoms with E-state index in [2.05, 4.69) is 32.1 Å². The van der Waals surface area contributed by atoms with Crippen molar-refractivity contribution in [3.8, 4) is 5.75 Å². The predicted octanol–water partition coefficient (Wildman–Crippen LogP) is 3.03. The second-order valence-corrected chi connectivity index (χ2v) is 12.0. The van der Waals surface area contributed by atoms with E-state index in [1.165, 1.54) is 12.1 Å². The highest BCUT2D eigenvalue weighted by molar-refractivity contribution is 7.99. The van der Waals surface area contributed by atoms with Crippen LogP contribution in [0.15, 0.2) is 24.4 Å². The lowest BCUT2D eigenvalue weighted by molar-refractivity contribution is -0.384. The number of carbonyl (C=O) groups excluding carboxylic acids is 1. The number of nitro groups is 1. The molecule has 1 aliphatic heterocycles. The number of hydrogen-bond acceptors (Lipinski definition) is 10. The number of fused-ring (bicyclic) bond motifs is 2. The topological polar surface area (TPSA) is 140 Å². The number of ether oxygens (including phenoxy) is 1. The highest BCUT2D eigenvalue weighted by atomic mass is 35.5. The molecule has 1 aromatic carbocycles. The Hall–Kier alpha value is -2.90. The molecule has 1 aromatic heterocycles. The Bertz CT molecular complexity index is 1230. The number of halogens is 2. The Morgan fingerprint density at radius 1 is 1.33 bits per heavy atom. The zero-order valence-electron chi connectivity index (χ0n) is 21.5. The van der Waals surface area contributed by atoms with Crippen LogP contribution >= 0.6 is 23.4 Å². The summed E-state index contributed by atoms with van der Waals surface area (Å²) in [5.41, 5.74) is 6.58. The van der Waals surface area contributed by atoms with Gasteiger partial charge in [0, 0.05) is 49.3 Å². The molecular formula is C25H31ClFN7O4S. The van der Waals surface area contributed by atoms with Gasteiger partial charge in [0.2, 0.25) is 11.2 Å². The van der Waals surface area contributed by atoms with Crippen molar-refractivity contribution >= 4 is 46.5 Å². The number of nitrogens with one attached hydrogen (secondary N) is 1. The Morgan fingerprint density at radius 2 is 2.10 bits per heavy atom. The van der Waals surface area contributed by atoms with Crippen LogP contribution < -0.4 is 20.7 Å². The summed E-state index contributed by atoms with van der Waals surface area (Å²) in [6, 6.07) is 4.41. The molecule has 210 valence electrons. The molecule has 1 saturated heterocycles. The van der Waals surface area contributed by atoms with E-state index < -0.39 is 22.6 Å². The molecule has 2 aromatic rings. The fraction of sp³-hybridized carbons (Fsp3) is 0.560. The number of likely N-dealkylation sites (N-methyl/N-ethyl adjacent to an activating group) is 1. The molecule has 0 spiro atoms. The van der Waals surface area contributed by atoms with Crippen LogP contribution in [0, 0.1) is 33.7 Å². The predicted molar refractivity (Wildman–Crippen MR) is 148 cm³/mol. The number of benzene rings is 1. The molecule has 2 bridgehead atoms. The van der Waals surface area contributed by atoms with Crippen molar-refractivity contribution in [1.29, 1.82) is 0 Å². The molecule has 2 saturated carbocycles. The van der Waals surface area contributed by atoms with E-state index in [0.717, 1.165) is 50.9 Å². The largest absolute Gasteiger partial charge is 0.490 e. The van der Waals surface area contributed by atoms with Crippen molar-refractivity contribution in [3.05, 3.63) is 45.6 Å². The minimum absolute atomic E-state index is 0.00731. The number of aromatic nitrogens is 2. The molecule has 2 aliphatic carbocycles. The fourth-order valence-corrected chi connectivity index (χ4v) is 7.62. The molecule has 11 nitrogen and oxygen atoms in total. The van der Waals surface area contributed by atoms with Gasteiger partial charge in [-0.15, -0.1) is 0 Å². The Kier molecular flexibility index (Phi) is 8.29. The first-order valence-corrected chi connectivity index (χ1v) is 14.3. The lowest BCUT2D eigenvalue weighted by atomic mass is 9.83. The Morgan fingerprint density at radius 3 is 2.82 bits per heavy atom. The van der Waals surface area contributed by atoms with Crippen molar-refractivity contribution in [1.82, 2.24) is 14.9 Å². The van der Waals surface area contributed by atoms with Crippen LogP contribution in [0.5, 0.6) is 5.75 Å². The van der Waals surface area contributed by atoms with Gasteiger partial charge in [-0.25, -0.2) is 9.37 Å². The van der Waals surface area contributed by atoms with Crippen molar-refractivity contribution in [2.24, 2.45) is 23.5 Å². The molecular weight excluding hydrogens is 549 g/mol. The summed E-state index contributed by atoms with van der Waals surface area (Å²) in [6.45, 7) is 3.82. The molecule has 1 amide bonds. The summed E-state index contributed by atoms with van der Waals surface area (Å²) in [7, 11) is 2.07.